The van der Waals surface area contributed by atoms with Crippen LogP contribution in [0, 0.1) is 11.3 Å². The zero-order chi connectivity index (χ0) is 18.7. The van der Waals surface area contributed by atoms with Crippen LogP contribution >= 0.6 is 0 Å². The van der Waals surface area contributed by atoms with Crippen molar-refractivity contribution in [2.24, 2.45) is 0 Å². The summed E-state index contributed by atoms with van der Waals surface area (Å²) in [6, 6.07) is 20.6. The molecule has 26 heavy (non-hydrogen) atoms. The lowest BCUT2D eigenvalue weighted by atomic mass is 10.1. The van der Waals surface area contributed by atoms with E-state index in [-0.39, 0.29) is 4.90 Å². The molecule has 0 fully saturated rings. The summed E-state index contributed by atoms with van der Waals surface area (Å²) in [7, 11) is -0.0558. The van der Waals surface area contributed by atoms with Crippen molar-refractivity contribution in [2.75, 3.05) is 19.0 Å². The Morgan fingerprint density at radius 2 is 1.58 bits per heavy atom. The van der Waals surface area contributed by atoms with Gasteiger partial charge in [0.2, 0.25) is 10.0 Å². The number of hydrogen-bond acceptors (Lipinski definition) is 4. The number of nitrogens with zero attached hydrogens (tertiary/aromatic N) is 2. The van der Waals surface area contributed by atoms with Crippen LogP contribution in [0.25, 0.3) is 10.8 Å². The molecule has 1 unspecified atom stereocenters. The lowest BCUT2D eigenvalue weighted by Crippen LogP contribution is -2.28. The van der Waals surface area contributed by atoms with Gasteiger partial charge >= 0.3 is 0 Å². The van der Waals surface area contributed by atoms with Crippen molar-refractivity contribution in [3.8, 4) is 6.07 Å². The lowest BCUT2D eigenvalue weighted by molar-refractivity contribution is 0.576. The predicted molar refractivity (Wildman–Crippen MR) is 103 cm³/mol. The second-order valence-electron chi connectivity index (χ2n) is 6.12. The van der Waals surface area contributed by atoms with Crippen molar-refractivity contribution < 1.29 is 8.42 Å². The van der Waals surface area contributed by atoms with Gasteiger partial charge in [-0.15, -0.1) is 0 Å². The molecule has 0 aliphatic carbocycles. The molecule has 3 rings (SSSR count). The van der Waals surface area contributed by atoms with Gasteiger partial charge in [-0.1, -0.05) is 54.6 Å². The van der Waals surface area contributed by atoms with E-state index >= 15 is 0 Å². The largest absolute Gasteiger partial charge is 0.377 e. The highest BCUT2D eigenvalue weighted by Crippen LogP contribution is 2.30. The highest BCUT2D eigenvalue weighted by Gasteiger charge is 2.23. The molecule has 0 amide bonds. The van der Waals surface area contributed by atoms with Crippen molar-refractivity contribution in [2.45, 2.75) is 10.9 Å². The highest BCUT2D eigenvalue weighted by atomic mass is 32.2. The number of nitrogens with one attached hydrogen (secondary N) is 1. The van der Waals surface area contributed by atoms with Gasteiger partial charge in [-0.3, -0.25) is 0 Å². The first-order valence-corrected chi connectivity index (χ1v) is 9.58. The topological polar surface area (TPSA) is 73.2 Å². The average Bonchev–Trinajstić information content (AvgIpc) is 2.65. The van der Waals surface area contributed by atoms with Crippen molar-refractivity contribution in [1.29, 1.82) is 5.26 Å². The Morgan fingerprint density at radius 3 is 2.23 bits per heavy atom. The fourth-order valence-corrected chi connectivity index (χ4v) is 4.27. The Bertz CT molecular complexity index is 1070. The van der Waals surface area contributed by atoms with E-state index in [0.29, 0.717) is 10.9 Å². The molecule has 0 radical (unpaired) electrons. The summed E-state index contributed by atoms with van der Waals surface area (Å²) in [5, 5.41) is 10.9. The fraction of sp³-hybridized carbons (Fsp3) is 0.150. The predicted octanol–water partition coefficient (Wildman–Crippen LogP) is 3.45. The molecule has 0 saturated heterocycles. The van der Waals surface area contributed by atoms with E-state index in [1.54, 1.807) is 42.5 Å². The molecular weight excluding hydrogens is 346 g/mol. The van der Waals surface area contributed by atoms with Gasteiger partial charge in [0.1, 0.15) is 6.04 Å². The van der Waals surface area contributed by atoms with Crippen molar-refractivity contribution >= 4 is 26.5 Å². The minimum Gasteiger partial charge on any atom is -0.377 e. The van der Waals surface area contributed by atoms with Crippen LogP contribution in [0.15, 0.2) is 71.6 Å². The number of hydrogen-bond donors (Lipinski definition) is 1. The fourth-order valence-electron chi connectivity index (χ4n) is 2.92. The second kappa shape index (κ2) is 7.16. The third-order valence-corrected chi connectivity index (χ3v) is 5.65. The summed E-state index contributed by atoms with van der Waals surface area (Å²) in [5.74, 6) is 0. The Kier molecular flexibility index (Phi) is 4.94. The molecule has 1 N–H and O–H groups in total. The maximum Gasteiger partial charge on any atom is 0.242 e. The zero-order valence-electron chi connectivity index (χ0n) is 14.5. The van der Waals surface area contributed by atoms with Gasteiger partial charge in [0.25, 0.3) is 0 Å². The summed E-state index contributed by atoms with van der Waals surface area (Å²) in [5.41, 5.74) is 1.53. The number of anilines is 1. The van der Waals surface area contributed by atoms with Crippen molar-refractivity contribution in [3.63, 3.8) is 0 Å². The smallest absolute Gasteiger partial charge is 0.242 e. The first-order chi connectivity index (χ1) is 12.4. The standard InChI is InChI=1S/C20H19N3O2S/c1-23(2)19-12-6-11-17-16(19)10-7-13-20(17)26(24,25)22-18(14-21)15-8-4-3-5-9-15/h3-13,18,22H,1-2H3. The van der Waals surface area contributed by atoms with E-state index < -0.39 is 16.1 Å². The minimum absolute atomic E-state index is 0.162. The summed E-state index contributed by atoms with van der Waals surface area (Å²) in [6.45, 7) is 0. The molecule has 132 valence electrons. The Labute approximate surface area is 153 Å². The molecule has 0 aromatic heterocycles. The van der Waals surface area contributed by atoms with E-state index in [4.69, 9.17) is 0 Å². The Hall–Kier alpha value is -2.88. The number of rotatable bonds is 5. The van der Waals surface area contributed by atoms with Crippen LogP contribution in [0.4, 0.5) is 5.69 Å². The van der Waals surface area contributed by atoms with Gasteiger partial charge in [0.15, 0.2) is 0 Å². The van der Waals surface area contributed by atoms with Crippen molar-refractivity contribution in [1.82, 2.24) is 4.72 Å². The Balaban J connectivity index is 2.08. The molecule has 0 heterocycles. The van der Waals surface area contributed by atoms with Crippen LogP contribution in [0.3, 0.4) is 0 Å². The van der Waals surface area contributed by atoms with Gasteiger partial charge in [-0.25, -0.2) is 8.42 Å². The monoisotopic (exact) mass is 365 g/mol. The Morgan fingerprint density at radius 1 is 0.923 bits per heavy atom. The van der Waals surface area contributed by atoms with Crippen molar-refractivity contribution in [3.05, 3.63) is 72.3 Å². The first-order valence-electron chi connectivity index (χ1n) is 8.10. The van der Waals surface area contributed by atoms with E-state index in [1.807, 2.05) is 49.3 Å². The zero-order valence-corrected chi connectivity index (χ0v) is 15.4. The first kappa shape index (κ1) is 17.9. The van der Waals surface area contributed by atoms with E-state index in [9.17, 15) is 13.7 Å². The van der Waals surface area contributed by atoms with Gasteiger partial charge in [-0.05, 0) is 17.7 Å². The van der Waals surface area contributed by atoms with Gasteiger partial charge in [0.05, 0.1) is 11.0 Å². The molecule has 0 bridgehead atoms. The van der Waals surface area contributed by atoms with Crippen LogP contribution in [0.2, 0.25) is 0 Å². The summed E-state index contributed by atoms with van der Waals surface area (Å²) < 4.78 is 28.5. The van der Waals surface area contributed by atoms with Crippen LogP contribution in [0.5, 0.6) is 0 Å². The van der Waals surface area contributed by atoms with E-state index in [1.165, 1.54) is 0 Å². The number of sulfonamides is 1. The molecule has 3 aromatic rings. The molecule has 6 heteroatoms. The lowest BCUT2D eigenvalue weighted by Gasteiger charge is -2.18. The minimum atomic E-state index is -3.88. The van der Waals surface area contributed by atoms with Crippen LogP contribution in [-0.4, -0.2) is 22.5 Å². The third-order valence-electron chi connectivity index (χ3n) is 4.17. The molecule has 0 saturated carbocycles. The number of benzene rings is 3. The second-order valence-corrected chi connectivity index (χ2v) is 7.80. The average molecular weight is 365 g/mol. The third kappa shape index (κ3) is 3.40. The number of fused-ring (bicyclic) bond motifs is 1. The summed E-state index contributed by atoms with van der Waals surface area (Å²) >= 11 is 0. The van der Waals surface area contributed by atoms with Gasteiger partial charge in [0, 0.05) is 30.6 Å². The SMILES string of the molecule is CN(C)c1cccc2c(S(=O)(=O)NC(C#N)c3ccccc3)cccc12. The molecule has 1 atom stereocenters. The molecule has 0 aliphatic rings. The normalized spacial score (nSPS) is 12.5. The molecule has 3 aromatic carbocycles. The highest BCUT2D eigenvalue weighted by molar-refractivity contribution is 7.89. The maximum atomic E-state index is 13.0. The van der Waals surface area contributed by atoms with Crippen LogP contribution in [0.1, 0.15) is 11.6 Å². The van der Waals surface area contributed by atoms with Gasteiger partial charge < -0.3 is 4.90 Å². The quantitative estimate of drug-likeness (QED) is 0.752. The molecule has 0 aliphatic heterocycles. The van der Waals surface area contributed by atoms with Crippen LogP contribution in [-0.2, 0) is 10.0 Å². The van der Waals surface area contributed by atoms with E-state index in [0.717, 1.165) is 11.1 Å². The summed E-state index contributed by atoms with van der Waals surface area (Å²) in [6.07, 6.45) is 0. The van der Waals surface area contributed by atoms with E-state index in [2.05, 4.69) is 4.72 Å². The maximum absolute atomic E-state index is 13.0. The summed E-state index contributed by atoms with van der Waals surface area (Å²) in [4.78, 5) is 2.10. The molecular formula is C20H19N3O2S. The number of nitriles is 1. The molecule has 5 nitrogen and oxygen atoms in total. The molecule has 0 spiro atoms. The van der Waals surface area contributed by atoms with Gasteiger partial charge in [-0.2, -0.15) is 9.98 Å². The van der Waals surface area contributed by atoms with Crippen LogP contribution < -0.4 is 9.62 Å².